The van der Waals surface area contributed by atoms with Gasteiger partial charge >= 0.3 is 0 Å². The molecule has 18 heavy (non-hydrogen) atoms. The van der Waals surface area contributed by atoms with Crippen LogP contribution in [0.5, 0.6) is 0 Å². The zero-order chi connectivity index (χ0) is 13.1. The van der Waals surface area contributed by atoms with Crippen LogP contribution in [0.4, 0.5) is 0 Å². The topological polar surface area (TPSA) is 37.7 Å². The average molecular weight is 288 g/mol. The molecule has 102 valence electrons. The van der Waals surface area contributed by atoms with Gasteiger partial charge in [0.05, 0.1) is 0 Å². The summed E-state index contributed by atoms with van der Waals surface area (Å²) in [6.45, 7) is 8.03. The van der Waals surface area contributed by atoms with E-state index in [0.717, 1.165) is 36.8 Å². The van der Waals surface area contributed by atoms with Gasteiger partial charge in [-0.25, -0.2) is 0 Å². The highest BCUT2D eigenvalue weighted by atomic mass is 33.1. The van der Waals surface area contributed by atoms with Gasteiger partial charge in [-0.2, -0.15) is 0 Å². The van der Waals surface area contributed by atoms with Crippen LogP contribution in [0.25, 0.3) is 0 Å². The number of nitrogens with zero attached hydrogens (tertiary/aromatic N) is 6. The first kappa shape index (κ1) is 13.7. The molecule has 0 radical (unpaired) electrons. The predicted molar refractivity (Wildman–Crippen MR) is 80.1 cm³/mol. The molecular weight excluding hydrogens is 268 g/mol. The third-order valence-electron chi connectivity index (χ3n) is 2.76. The molecule has 0 atom stereocenters. The third kappa shape index (κ3) is 2.97. The lowest BCUT2D eigenvalue weighted by Crippen LogP contribution is -2.29. The summed E-state index contributed by atoms with van der Waals surface area (Å²) in [5.41, 5.74) is 0. The van der Waals surface area contributed by atoms with Gasteiger partial charge in [0, 0.05) is 27.2 Å². The Morgan fingerprint density at radius 3 is 1.61 bits per heavy atom. The van der Waals surface area contributed by atoms with E-state index < -0.39 is 0 Å². The Kier molecular flexibility index (Phi) is 4.50. The summed E-state index contributed by atoms with van der Waals surface area (Å²) in [5, 5.41) is 15.1. The molecule has 6 nitrogen and oxygen atoms in total. The van der Waals surface area contributed by atoms with Gasteiger partial charge in [0.15, 0.2) is 10.3 Å². The summed E-state index contributed by atoms with van der Waals surface area (Å²) in [6.07, 6.45) is 0. The SMILES string of the molecule is CCN1CN(C)N=C1SSC1=NN(C)CN1CC. The molecule has 0 fully saturated rings. The Labute approximate surface area is 116 Å². The molecule has 0 saturated carbocycles. The van der Waals surface area contributed by atoms with Crippen LogP contribution >= 0.6 is 21.6 Å². The second kappa shape index (κ2) is 5.92. The molecule has 0 aromatic heterocycles. The lowest BCUT2D eigenvalue weighted by Gasteiger charge is -2.18. The predicted octanol–water partition coefficient (Wildman–Crippen LogP) is 1.36. The number of amidine groups is 2. The van der Waals surface area contributed by atoms with Crippen molar-refractivity contribution in [2.75, 3.05) is 40.5 Å². The molecule has 0 unspecified atom stereocenters. The number of hydrogen-bond acceptors (Lipinski definition) is 8. The van der Waals surface area contributed by atoms with Gasteiger partial charge in [0.25, 0.3) is 0 Å². The van der Waals surface area contributed by atoms with E-state index in [4.69, 9.17) is 0 Å². The highest BCUT2D eigenvalue weighted by molar-refractivity contribution is 8.87. The largest absolute Gasteiger partial charge is 0.330 e. The highest BCUT2D eigenvalue weighted by Crippen LogP contribution is 2.31. The summed E-state index contributed by atoms with van der Waals surface area (Å²) in [6, 6.07) is 0. The van der Waals surface area contributed by atoms with Gasteiger partial charge < -0.3 is 9.80 Å². The molecule has 0 spiro atoms. The lowest BCUT2D eigenvalue weighted by atomic mass is 10.6. The van der Waals surface area contributed by atoms with Crippen molar-refractivity contribution in [3.63, 3.8) is 0 Å². The summed E-state index contributed by atoms with van der Waals surface area (Å²) in [4.78, 5) is 4.51. The first-order valence-corrected chi connectivity index (χ1v) is 8.23. The van der Waals surface area contributed by atoms with E-state index in [1.54, 1.807) is 21.6 Å². The van der Waals surface area contributed by atoms with Gasteiger partial charge in [0.1, 0.15) is 13.3 Å². The van der Waals surface area contributed by atoms with E-state index in [0.29, 0.717) is 0 Å². The molecule has 2 rings (SSSR count). The maximum atomic E-state index is 4.50. The average Bonchev–Trinajstić information content (AvgIpc) is 2.89. The second-order valence-corrected chi connectivity index (χ2v) is 6.31. The smallest absolute Gasteiger partial charge is 0.195 e. The first-order valence-electron chi connectivity index (χ1n) is 6.08. The van der Waals surface area contributed by atoms with E-state index in [-0.39, 0.29) is 0 Å². The molecule has 2 aliphatic heterocycles. The van der Waals surface area contributed by atoms with Crippen molar-refractivity contribution < 1.29 is 0 Å². The summed E-state index contributed by atoms with van der Waals surface area (Å²) >= 11 is 0. The van der Waals surface area contributed by atoms with Crippen LogP contribution in [0.2, 0.25) is 0 Å². The highest BCUT2D eigenvalue weighted by Gasteiger charge is 2.24. The van der Waals surface area contributed by atoms with E-state index >= 15 is 0 Å². The van der Waals surface area contributed by atoms with Crippen LogP contribution in [0, 0.1) is 0 Å². The second-order valence-electron chi connectivity index (χ2n) is 4.24. The number of hydrogen-bond donors (Lipinski definition) is 0. The Bertz CT molecular complexity index is 324. The molecule has 2 heterocycles. The molecule has 0 aromatic rings. The Morgan fingerprint density at radius 2 is 1.28 bits per heavy atom. The minimum Gasteiger partial charge on any atom is -0.330 e. The molecule has 8 heteroatoms. The molecular formula is C10H20N6S2. The summed E-state index contributed by atoms with van der Waals surface area (Å²) < 4.78 is 0. The maximum absolute atomic E-state index is 4.50. The Hall–Kier alpha value is -0.760. The first-order chi connectivity index (χ1) is 8.63. The fourth-order valence-corrected chi connectivity index (χ4v) is 4.14. The van der Waals surface area contributed by atoms with Crippen molar-refractivity contribution in [3.8, 4) is 0 Å². The molecule has 0 saturated heterocycles. The fourth-order valence-electron chi connectivity index (χ4n) is 1.78. The van der Waals surface area contributed by atoms with Crippen molar-refractivity contribution in [2.45, 2.75) is 13.8 Å². The van der Waals surface area contributed by atoms with Gasteiger partial charge in [-0.15, -0.1) is 10.2 Å². The van der Waals surface area contributed by atoms with Crippen molar-refractivity contribution in [2.24, 2.45) is 10.2 Å². The maximum Gasteiger partial charge on any atom is 0.195 e. The van der Waals surface area contributed by atoms with Crippen LogP contribution < -0.4 is 0 Å². The van der Waals surface area contributed by atoms with E-state index in [1.807, 2.05) is 24.1 Å². The van der Waals surface area contributed by atoms with Crippen LogP contribution in [-0.2, 0) is 0 Å². The van der Waals surface area contributed by atoms with Gasteiger partial charge in [-0.05, 0) is 35.4 Å². The minimum absolute atomic E-state index is 0.878. The molecule has 0 aliphatic carbocycles. The van der Waals surface area contributed by atoms with E-state index in [9.17, 15) is 0 Å². The monoisotopic (exact) mass is 288 g/mol. The number of rotatable bonds is 2. The molecule has 0 amide bonds. The zero-order valence-electron chi connectivity index (χ0n) is 11.3. The van der Waals surface area contributed by atoms with Gasteiger partial charge in [0.2, 0.25) is 0 Å². The Balaban J connectivity index is 1.91. The standard InChI is InChI=1S/C10H20N6S2/c1-5-15-7-13(3)11-9(15)17-18-10-12-14(4)8-16(10)6-2/h5-8H2,1-4H3. The quantitative estimate of drug-likeness (QED) is 0.714. The lowest BCUT2D eigenvalue weighted by molar-refractivity contribution is 0.284. The fraction of sp³-hybridized carbons (Fsp3) is 0.800. The number of hydrazone groups is 2. The minimum atomic E-state index is 0.878. The van der Waals surface area contributed by atoms with Gasteiger partial charge in [-0.3, -0.25) is 10.0 Å². The Morgan fingerprint density at radius 1 is 0.889 bits per heavy atom. The van der Waals surface area contributed by atoms with Crippen molar-refractivity contribution in [1.29, 1.82) is 0 Å². The van der Waals surface area contributed by atoms with Crippen LogP contribution in [0.3, 0.4) is 0 Å². The summed E-state index contributed by atoms with van der Waals surface area (Å²) in [7, 11) is 7.38. The van der Waals surface area contributed by atoms with E-state index in [1.165, 1.54) is 0 Å². The summed E-state index contributed by atoms with van der Waals surface area (Å²) in [5.74, 6) is 0. The van der Waals surface area contributed by atoms with Crippen molar-refractivity contribution >= 4 is 31.9 Å². The molecule has 0 aromatic carbocycles. The van der Waals surface area contributed by atoms with Crippen LogP contribution in [-0.4, -0.2) is 70.7 Å². The molecule has 0 bridgehead atoms. The molecule has 2 aliphatic rings. The third-order valence-corrected chi connectivity index (χ3v) is 4.96. The van der Waals surface area contributed by atoms with Crippen molar-refractivity contribution in [1.82, 2.24) is 19.8 Å². The van der Waals surface area contributed by atoms with Gasteiger partial charge in [-0.1, -0.05) is 0 Å². The normalized spacial score (nSPS) is 19.8. The van der Waals surface area contributed by atoms with E-state index in [2.05, 4.69) is 33.9 Å². The van der Waals surface area contributed by atoms with Crippen LogP contribution in [0.1, 0.15) is 13.8 Å². The van der Waals surface area contributed by atoms with Crippen LogP contribution in [0.15, 0.2) is 10.2 Å². The zero-order valence-corrected chi connectivity index (χ0v) is 13.0. The van der Waals surface area contributed by atoms with Crippen molar-refractivity contribution in [3.05, 3.63) is 0 Å². The molecule has 0 N–H and O–H groups in total.